The van der Waals surface area contributed by atoms with E-state index in [9.17, 15) is 8.42 Å². The van der Waals surface area contributed by atoms with Gasteiger partial charge < -0.3 is 9.05 Å². The molecule has 0 aliphatic rings. The van der Waals surface area contributed by atoms with Crippen molar-refractivity contribution >= 4 is 10.0 Å². The highest BCUT2D eigenvalue weighted by atomic mass is 32.2. The summed E-state index contributed by atoms with van der Waals surface area (Å²) in [5.41, 5.74) is 0.792. The molecule has 9 nitrogen and oxygen atoms in total. The van der Waals surface area contributed by atoms with Crippen LogP contribution in [0.5, 0.6) is 0 Å². The maximum Gasteiger partial charge on any atom is 0.238 e. The zero-order valence-electron chi connectivity index (χ0n) is 9.79. The molecule has 0 bridgehead atoms. The van der Waals surface area contributed by atoms with Crippen LogP contribution in [0.3, 0.4) is 0 Å². The van der Waals surface area contributed by atoms with Crippen molar-refractivity contribution in [3.05, 3.63) is 30.6 Å². The molecule has 0 saturated carbocycles. The third-order valence-corrected chi connectivity index (χ3v) is 3.53. The van der Waals surface area contributed by atoms with Crippen LogP contribution >= 0.6 is 0 Å². The fourth-order valence-corrected chi connectivity index (χ4v) is 2.43. The fourth-order valence-electron chi connectivity index (χ4n) is 1.70. The van der Waals surface area contributed by atoms with Crippen molar-refractivity contribution in [3.63, 3.8) is 0 Å². The Hall–Kier alpha value is -2.59. The highest BCUT2D eigenvalue weighted by Crippen LogP contribution is 2.30. The molecule has 0 spiro atoms. The molecular weight excluding hydrogens is 286 g/mol. The lowest BCUT2D eigenvalue weighted by Crippen LogP contribution is -2.13. The highest BCUT2D eigenvalue weighted by molar-refractivity contribution is 7.89. The van der Waals surface area contributed by atoms with E-state index in [-0.39, 0.29) is 16.2 Å². The summed E-state index contributed by atoms with van der Waals surface area (Å²) < 4.78 is 33.0. The zero-order chi connectivity index (χ0) is 14.2. The summed E-state index contributed by atoms with van der Waals surface area (Å²) in [5.74, 6) is 0.544. The number of rotatable bonds is 3. The zero-order valence-corrected chi connectivity index (χ0v) is 10.6. The van der Waals surface area contributed by atoms with E-state index >= 15 is 0 Å². The predicted octanol–water partition coefficient (Wildman–Crippen LogP) is 0.434. The van der Waals surface area contributed by atoms with Gasteiger partial charge in [0.2, 0.25) is 10.0 Å². The minimum Gasteiger partial charge on any atom is -0.337 e. The number of nitrogens with two attached hydrogens (primary N) is 1. The normalized spacial score (nSPS) is 11.7. The second kappa shape index (κ2) is 4.51. The van der Waals surface area contributed by atoms with Crippen molar-refractivity contribution in [1.82, 2.24) is 20.7 Å². The van der Waals surface area contributed by atoms with E-state index in [2.05, 4.69) is 20.7 Å². The SMILES string of the molecule is NS(=O)(=O)c1ccc(-c2cnno2)cc1-c1cnno1. The molecule has 3 aromatic rings. The maximum atomic E-state index is 11.6. The van der Waals surface area contributed by atoms with E-state index in [1.807, 2.05) is 0 Å². The summed E-state index contributed by atoms with van der Waals surface area (Å²) >= 11 is 0. The topological polar surface area (TPSA) is 138 Å². The molecule has 2 aromatic heterocycles. The van der Waals surface area contributed by atoms with Crippen molar-refractivity contribution in [2.75, 3.05) is 0 Å². The first-order valence-corrected chi connectivity index (χ1v) is 6.82. The number of benzene rings is 1. The minimum atomic E-state index is -3.92. The Morgan fingerprint density at radius 3 is 2.20 bits per heavy atom. The van der Waals surface area contributed by atoms with Crippen LogP contribution in [0.2, 0.25) is 0 Å². The van der Waals surface area contributed by atoms with Crippen molar-refractivity contribution in [3.8, 4) is 22.6 Å². The van der Waals surface area contributed by atoms with Gasteiger partial charge in [-0.15, -0.1) is 10.2 Å². The van der Waals surface area contributed by atoms with E-state index in [1.54, 1.807) is 0 Å². The Kier molecular flexibility index (Phi) is 2.80. The summed E-state index contributed by atoms with van der Waals surface area (Å²) in [6.07, 6.45) is 2.68. The molecule has 2 N–H and O–H groups in total. The summed E-state index contributed by atoms with van der Waals surface area (Å²) in [6, 6.07) is 4.38. The molecule has 0 unspecified atom stereocenters. The Bertz CT molecular complexity index is 827. The number of aromatic nitrogens is 4. The number of sulfonamides is 1. The van der Waals surface area contributed by atoms with Crippen molar-refractivity contribution in [1.29, 1.82) is 0 Å². The Labute approximate surface area is 112 Å². The fraction of sp³-hybridized carbons (Fsp3) is 0. The van der Waals surface area contributed by atoms with Crippen molar-refractivity contribution in [2.45, 2.75) is 4.90 Å². The van der Waals surface area contributed by atoms with Crippen LogP contribution in [0.25, 0.3) is 22.6 Å². The van der Waals surface area contributed by atoms with Gasteiger partial charge >= 0.3 is 0 Å². The van der Waals surface area contributed by atoms with Crippen molar-refractivity contribution < 1.29 is 17.5 Å². The molecule has 102 valence electrons. The summed E-state index contributed by atoms with van der Waals surface area (Å²) in [6.45, 7) is 0. The minimum absolute atomic E-state index is 0.104. The number of hydrogen-bond acceptors (Lipinski definition) is 8. The highest BCUT2D eigenvalue weighted by Gasteiger charge is 2.19. The Balaban J connectivity index is 2.24. The van der Waals surface area contributed by atoms with Gasteiger partial charge in [0.1, 0.15) is 0 Å². The second-order valence-corrected chi connectivity index (χ2v) is 5.35. The van der Waals surface area contributed by atoms with E-state index < -0.39 is 10.0 Å². The van der Waals surface area contributed by atoms with E-state index in [1.165, 1.54) is 30.6 Å². The average Bonchev–Trinajstić information content (AvgIpc) is 3.10. The van der Waals surface area contributed by atoms with Crippen LogP contribution in [-0.2, 0) is 10.0 Å². The molecule has 0 aliphatic heterocycles. The molecule has 0 amide bonds. The molecule has 0 fully saturated rings. The van der Waals surface area contributed by atoms with Gasteiger partial charge in [-0.1, -0.05) is 0 Å². The second-order valence-electron chi connectivity index (χ2n) is 3.82. The average molecular weight is 293 g/mol. The first kappa shape index (κ1) is 12.4. The molecule has 0 atom stereocenters. The summed E-state index contributed by atoms with van der Waals surface area (Å²) in [4.78, 5) is -0.104. The van der Waals surface area contributed by atoms with Crippen LogP contribution in [0.1, 0.15) is 0 Å². The lowest BCUT2D eigenvalue weighted by atomic mass is 10.1. The first-order chi connectivity index (χ1) is 9.55. The molecule has 0 aliphatic carbocycles. The summed E-state index contributed by atoms with van der Waals surface area (Å²) in [5, 5.41) is 18.9. The lowest BCUT2D eigenvalue weighted by Gasteiger charge is -2.05. The van der Waals surface area contributed by atoms with Gasteiger partial charge in [-0.25, -0.2) is 13.6 Å². The molecule has 20 heavy (non-hydrogen) atoms. The first-order valence-electron chi connectivity index (χ1n) is 5.28. The molecule has 0 saturated heterocycles. The third-order valence-electron chi connectivity index (χ3n) is 2.56. The quantitative estimate of drug-likeness (QED) is 0.733. The van der Waals surface area contributed by atoms with Crippen LogP contribution in [-0.4, -0.2) is 29.2 Å². The Morgan fingerprint density at radius 1 is 1.00 bits per heavy atom. The molecule has 2 heterocycles. The molecular formula is C10H7N5O4S. The molecule has 0 radical (unpaired) electrons. The number of primary sulfonamides is 1. The van der Waals surface area contributed by atoms with E-state index in [4.69, 9.17) is 14.2 Å². The van der Waals surface area contributed by atoms with Gasteiger partial charge in [0.05, 0.1) is 17.3 Å². The monoisotopic (exact) mass is 293 g/mol. The van der Waals surface area contributed by atoms with Crippen LogP contribution < -0.4 is 5.14 Å². The van der Waals surface area contributed by atoms with Gasteiger partial charge in [-0.2, -0.15) is 0 Å². The molecule has 1 aromatic carbocycles. The maximum absolute atomic E-state index is 11.6. The number of hydrogen-bond donors (Lipinski definition) is 1. The van der Waals surface area contributed by atoms with Crippen LogP contribution in [0, 0.1) is 0 Å². The van der Waals surface area contributed by atoms with Gasteiger partial charge in [0, 0.05) is 21.7 Å². The van der Waals surface area contributed by atoms with Gasteiger partial charge in [0.25, 0.3) is 0 Å². The van der Waals surface area contributed by atoms with Crippen LogP contribution in [0.4, 0.5) is 0 Å². The standard InChI is InChI=1S/C10H7N5O4S/c11-20(16,17)10-2-1-6(8-4-12-14-18-8)3-7(10)9-5-13-15-19-9/h1-5H,(H2,11,16,17). The van der Waals surface area contributed by atoms with Crippen LogP contribution in [0.15, 0.2) is 44.5 Å². The third kappa shape index (κ3) is 2.17. The van der Waals surface area contributed by atoms with E-state index in [0.717, 1.165) is 0 Å². The Morgan fingerprint density at radius 2 is 1.65 bits per heavy atom. The number of nitrogens with zero attached hydrogens (tertiary/aromatic N) is 4. The molecule has 3 rings (SSSR count). The smallest absolute Gasteiger partial charge is 0.238 e. The van der Waals surface area contributed by atoms with Gasteiger partial charge in [-0.3, -0.25) is 0 Å². The predicted molar refractivity (Wildman–Crippen MR) is 64.4 cm³/mol. The lowest BCUT2D eigenvalue weighted by molar-refractivity contribution is 0.402. The van der Waals surface area contributed by atoms with Gasteiger partial charge in [0.15, 0.2) is 11.5 Å². The largest absolute Gasteiger partial charge is 0.337 e. The van der Waals surface area contributed by atoms with Crippen molar-refractivity contribution in [2.24, 2.45) is 5.14 Å². The van der Waals surface area contributed by atoms with E-state index in [0.29, 0.717) is 11.3 Å². The van der Waals surface area contributed by atoms with Gasteiger partial charge in [-0.05, 0) is 18.2 Å². The molecule has 10 heteroatoms. The summed E-state index contributed by atoms with van der Waals surface area (Å²) in [7, 11) is -3.92.